The second-order valence-corrected chi connectivity index (χ2v) is 16.3. The first-order chi connectivity index (χ1) is 25.6. The molecule has 0 aliphatic rings. The van der Waals surface area contributed by atoms with E-state index >= 15 is 4.57 Å². The zero-order valence-corrected chi connectivity index (χ0v) is 28.9. The van der Waals surface area contributed by atoms with Gasteiger partial charge >= 0.3 is 0 Å². The molecule has 0 amide bonds. The van der Waals surface area contributed by atoms with Crippen molar-refractivity contribution in [1.29, 1.82) is 0 Å². The Labute approximate surface area is 299 Å². The minimum Gasteiger partial charge on any atom is -0.305 e. The van der Waals surface area contributed by atoms with Crippen LogP contribution in [0.1, 0.15) is 0 Å². The lowest BCUT2D eigenvalue weighted by Crippen LogP contribution is -2.28. The maximum absolute atomic E-state index is 15.5. The van der Waals surface area contributed by atoms with Gasteiger partial charge in [-0.2, -0.15) is 0 Å². The summed E-state index contributed by atoms with van der Waals surface area (Å²) in [7, 11) is -3.41. The van der Waals surface area contributed by atoms with E-state index in [0.29, 0.717) is 16.2 Å². The summed E-state index contributed by atoms with van der Waals surface area (Å²) in [6.07, 6.45) is 3.74. The van der Waals surface area contributed by atoms with Crippen LogP contribution in [0.5, 0.6) is 0 Å². The van der Waals surface area contributed by atoms with E-state index < -0.39 is 7.14 Å². The second kappa shape index (κ2) is 11.0. The van der Waals surface area contributed by atoms with Crippen molar-refractivity contribution in [2.24, 2.45) is 0 Å². The Bertz CT molecular complexity index is 2960. The molecule has 0 unspecified atom stereocenters. The van der Waals surface area contributed by atoms with E-state index in [1.54, 1.807) is 0 Å². The molecule has 9 aromatic carbocycles. The van der Waals surface area contributed by atoms with Crippen molar-refractivity contribution in [3.63, 3.8) is 0 Å². The lowest BCUT2D eigenvalue weighted by Gasteiger charge is -2.19. The highest BCUT2D eigenvalue weighted by Crippen LogP contribution is 2.44. The van der Waals surface area contributed by atoms with E-state index in [-0.39, 0.29) is 0 Å². The van der Waals surface area contributed by atoms with Gasteiger partial charge in [0.2, 0.25) is 7.14 Å². The van der Waals surface area contributed by atoms with Crippen molar-refractivity contribution in [2.75, 3.05) is 0 Å². The molecule has 3 nitrogen and oxygen atoms in total. The third-order valence-corrected chi connectivity index (χ3v) is 13.8. The van der Waals surface area contributed by atoms with E-state index in [4.69, 9.17) is 9.97 Å². The molecule has 0 fully saturated rings. The van der Waals surface area contributed by atoms with Gasteiger partial charge < -0.3 is 4.57 Å². The summed E-state index contributed by atoms with van der Waals surface area (Å²) in [6, 6.07) is 57.0. The van der Waals surface area contributed by atoms with Crippen LogP contribution in [0.25, 0.3) is 86.9 Å². The molecule has 11 aromatic rings. The van der Waals surface area contributed by atoms with Gasteiger partial charge in [-0.1, -0.05) is 152 Å². The highest BCUT2D eigenvalue weighted by atomic mass is 31.2. The molecular formula is C48H29N2OP. The normalized spacial score (nSPS) is 12.3. The molecule has 0 aliphatic heterocycles. The Hall–Kier alpha value is -6.41. The largest absolute Gasteiger partial charge is 0.305 e. The average molecular weight is 681 g/mol. The van der Waals surface area contributed by atoms with Gasteiger partial charge in [0, 0.05) is 28.8 Å². The van der Waals surface area contributed by atoms with Crippen molar-refractivity contribution in [3.8, 4) is 22.3 Å². The Kier molecular flexibility index (Phi) is 6.23. The second-order valence-electron chi connectivity index (χ2n) is 13.7. The third kappa shape index (κ3) is 4.18. The highest BCUT2D eigenvalue weighted by molar-refractivity contribution is 7.84. The molecule has 2 aromatic heterocycles. The molecule has 0 aliphatic carbocycles. The summed E-state index contributed by atoms with van der Waals surface area (Å²) in [5.41, 5.74) is 5.22. The van der Waals surface area contributed by atoms with Crippen molar-refractivity contribution in [2.45, 2.75) is 0 Å². The van der Waals surface area contributed by atoms with Gasteiger partial charge in [0.15, 0.2) is 0 Å². The molecule has 2 heterocycles. The minimum absolute atomic E-state index is 0.517. The smallest absolute Gasteiger partial charge is 0.205 e. The van der Waals surface area contributed by atoms with Crippen molar-refractivity contribution >= 4 is 88.0 Å². The first-order valence-corrected chi connectivity index (χ1v) is 19.3. The Balaban J connectivity index is 1.02. The van der Waals surface area contributed by atoms with Crippen LogP contribution >= 0.6 is 7.14 Å². The number of hydrogen-bond acceptors (Lipinski definition) is 3. The lowest BCUT2D eigenvalue weighted by atomic mass is 9.90. The van der Waals surface area contributed by atoms with Crippen LogP contribution in [0, 0.1) is 0 Å². The predicted molar refractivity (Wildman–Crippen MR) is 220 cm³/mol. The molecule has 0 radical (unpaired) electrons. The summed E-state index contributed by atoms with van der Waals surface area (Å²) in [4.78, 5) is 9.91. The van der Waals surface area contributed by atoms with Crippen LogP contribution < -0.4 is 16.2 Å². The fourth-order valence-corrected chi connectivity index (χ4v) is 10.8. The molecule has 242 valence electrons. The van der Waals surface area contributed by atoms with Gasteiger partial charge in [-0.05, 0) is 87.9 Å². The van der Waals surface area contributed by atoms with Crippen molar-refractivity contribution < 1.29 is 4.57 Å². The Morgan fingerprint density at radius 3 is 1.17 bits per heavy atom. The van der Waals surface area contributed by atoms with Gasteiger partial charge in [0.25, 0.3) is 0 Å². The standard InChI is InChI=1S/C48H29N2OP/c51-52(38-10-2-1-3-11-38,43-26-20-36(28-49-43)39-22-16-34-14-12-30-6-4-8-32-18-24-41(39)47(34)45(30)32)44-27-21-37(29-50-44)40-23-17-35-15-13-31-7-5-9-33-19-25-42(40)48(35)46(31)33/h1-29H. The fourth-order valence-electron chi connectivity index (χ4n) is 8.46. The Morgan fingerprint density at radius 2 is 0.750 bits per heavy atom. The molecule has 0 spiro atoms. The van der Waals surface area contributed by atoms with E-state index in [2.05, 4.69) is 121 Å². The maximum atomic E-state index is 15.5. The zero-order chi connectivity index (χ0) is 34.4. The van der Waals surface area contributed by atoms with E-state index in [0.717, 1.165) is 22.3 Å². The summed E-state index contributed by atoms with van der Waals surface area (Å²) in [5, 5.41) is 15.6. The number of pyridine rings is 2. The van der Waals surface area contributed by atoms with Crippen LogP contribution in [0.2, 0.25) is 0 Å². The molecule has 0 saturated carbocycles. The molecule has 0 saturated heterocycles. The topological polar surface area (TPSA) is 42.9 Å². The SMILES string of the molecule is O=P(c1ccccc1)(c1ccc(-c2ccc3ccc4cccc5ccc2c3c45)cn1)c1ccc(-c2ccc3ccc4cccc5ccc2c3c45)cn1. The van der Waals surface area contributed by atoms with E-state index in [1.807, 2.05) is 54.9 Å². The van der Waals surface area contributed by atoms with E-state index in [1.165, 1.54) is 64.6 Å². The van der Waals surface area contributed by atoms with Gasteiger partial charge in [0.05, 0.1) is 0 Å². The predicted octanol–water partition coefficient (Wildman–Crippen LogP) is 11.2. The number of nitrogens with zero attached hydrogens (tertiary/aromatic N) is 2. The van der Waals surface area contributed by atoms with Crippen molar-refractivity contribution in [3.05, 3.63) is 176 Å². The summed E-state index contributed by atoms with van der Waals surface area (Å²) < 4.78 is 15.5. The van der Waals surface area contributed by atoms with Crippen molar-refractivity contribution in [1.82, 2.24) is 9.97 Å². The zero-order valence-electron chi connectivity index (χ0n) is 28.0. The first kappa shape index (κ1) is 29.3. The quantitative estimate of drug-likeness (QED) is 0.134. The lowest BCUT2D eigenvalue weighted by molar-refractivity contribution is 0.591. The number of hydrogen-bond donors (Lipinski definition) is 0. The average Bonchev–Trinajstić information content (AvgIpc) is 3.22. The van der Waals surface area contributed by atoms with Crippen LogP contribution in [-0.2, 0) is 4.57 Å². The number of benzene rings is 9. The minimum atomic E-state index is -3.41. The summed E-state index contributed by atoms with van der Waals surface area (Å²) in [6.45, 7) is 0. The van der Waals surface area contributed by atoms with Gasteiger partial charge in [-0.15, -0.1) is 0 Å². The van der Waals surface area contributed by atoms with Crippen LogP contribution in [0.4, 0.5) is 0 Å². The Morgan fingerprint density at radius 1 is 0.346 bits per heavy atom. The number of rotatable bonds is 5. The van der Waals surface area contributed by atoms with Gasteiger partial charge in [-0.25, -0.2) is 0 Å². The number of aromatic nitrogens is 2. The van der Waals surface area contributed by atoms with Crippen LogP contribution in [0.3, 0.4) is 0 Å². The molecule has 11 rings (SSSR count). The fraction of sp³-hybridized carbons (Fsp3) is 0. The third-order valence-electron chi connectivity index (χ3n) is 10.9. The molecule has 4 heteroatoms. The summed E-state index contributed by atoms with van der Waals surface area (Å²) >= 11 is 0. The van der Waals surface area contributed by atoms with E-state index in [9.17, 15) is 0 Å². The van der Waals surface area contributed by atoms with Gasteiger partial charge in [0.1, 0.15) is 10.9 Å². The highest BCUT2D eigenvalue weighted by Gasteiger charge is 2.33. The molecule has 0 atom stereocenters. The molecular weight excluding hydrogens is 652 g/mol. The monoisotopic (exact) mass is 680 g/mol. The maximum Gasteiger partial charge on any atom is 0.205 e. The molecule has 52 heavy (non-hydrogen) atoms. The van der Waals surface area contributed by atoms with Crippen LogP contribution in [0.15, 0.2) is 176 Å². The molecule has 0 bridgehead atoms. The van der Waals surface area contributed by atoms with Crippen LogP contribution in [-0.4, -0.2) is 9.97 Å². The molecule has 0 N–H and O–H groups in total. The first-order valence-electron chi connectivity index (χ1n) is 17.6. The van der Waals surface area contributed by atoms with Gasteiger partial charge in [-0.3, -0.25) is 9.97 Å². The summed E-state index contributed by atoms with van der Waals surface area (Å²) in [5.74, 6) is 0.